The van der Waals surface area contributed by atoms with Gasteiger partial charge in [0.15, 0.2) is 0 Å². The third kappa shape index (κ3) is 3.38. The van der Waals surface area contributed by atoms with E-state index in [4.69, 9.17) is 0 Å². The topological polar surface area (TPSA) is 12.0 Å². The molecular weight excluding hydrogens is 288 g/mol. The molecule has 0 radical (unpaired) electrons. The minimum atomic E-state index is -2.40. The zero-order valence-electron chi connectivity index (χ0n) is 11.6. The molecule has 0 fully saturated rings. The van der Waals surface area contributed by atoms with Crippen molar-refractivity contribution in [3.63, 3.8) is 0 Å². The van der Waals surface area contributed by atoms with Gasteiger partial charge in [-0.15, -0.1) is 0 Å². The van der Waals surface area contributed by atoms with E-state index < -0.39 is 5.76 Å². The summed E-state index contributed by atoms with van der Waals surface area (Å²) in [5, 5.41) is 3.46. The molecule has 0 saturated heterocycles. The Bertz CT molecular complexity index is 615. The van der Waals surface area contributed by atoms with Crippen molar-refractivity contribution < 1.29 is 8.78 Å². The fourth-order valence-electron chi connectivity index (χ4n) is 2.88. The summed E-state index contributed by atoms with van der Waals surface area (Å²) in [7, 11) is 0. The third-order valence-corrected chi connectivity index (χ3v) is 4.59. The number of thioether (sulfide) groups is 1. The predicted molar refractivity (Wildman–Crippen MR) is 84.0 cm³/mol. The Labute approximate surface area is 127 Å². The van der Waals surface area contributed by atoms with E-state index in [1.165, 1.54) is 11.1 Å². The minimum absolute atomic E-state index is 0.203. The van der Waals surface area contributed by atoms with Crippen molar-refractivity contribution in [3.8, 4) is 0 Å². The van der Waals surface area contributed by atoms with Gasteiger partial charge in [0, 0.05) is 10.6 Å². The summed E-state index contributed by atoms with van der Waals surface area (Å²) in [6.45, 7) is 0. The minimum Gasteiger partial charge on any atom is -0.377 e. The fourth-order valence-corrected chi connectivity index (χ4v) is 3.48. The number of hydrogen-bond donors (Lipinski definition) is 1. The van der Waals surface area contributed by atoms with Gasteiger partial charge in [-0.1, -0.05) is 48.2 Å². The number of aryl methyl sites for hydroxylation is 1. The molecule has 21 heavy (non-hydrogen) atoms. The number of para-hydroxylation sites is 1. The van der Waals surface area contributed by atoms with Crippen molar-refractivity contribution in [2.75, 3.05) is 5.32 Å². The van der Waals surface area contributed by atoms with Crippen LogP contribution in [-0.4, -0.2) is 5.76 Å². The number of benzene rings is 2. The Hall–Kier alpha value is -1.55. The van der Waals surface area contributed by atoms with Crippen LogP contribution in [0.1, 0.15) is 30.0 Å². The molecule has 4 heteroatoms. The molecule has 1 unspecified atom stereocenters. The first-order valence-electron chi connectivity index (χ1n) is 7.12. The first kappa shape index (κ1) is 14.4. The number of hydrogen-bond acceptors (Lipinski definition) is 2. The fraction of sp³-hybridized carbons (Fsp3) is 0.294. The maximum absolute atomic E-state index is 12.7. The summed E-state index contributed by atoms with van der Waals surface area (Å²) in [6, 6.07) is 15.9. The molecule has 1 aliphatic carbocycles. The third-order valence-electron chi connectivity index (χ3n) is 3.80. The highest BCUT2D eigenvalue weighted by Gasteiger charge is 2.20. The van der Waals surface area contributed by atoms with E-state index in [2.05, 4.69) is 23.5 Å². The summed E-state index contributed by atoms with van der Waals surface area (Å²) in [4.78, 5) is 0.607. The van der Waals surface area contributed by atoms with Crippen molar-refractivity contribution in [3.05, 3.63) is 59.7 Å². The molecule has 1 aliphatic rings. The van der Waals surface area contributed by atoms with Gasteiger partial charge in [0.1, 0.15) is 0 Å². The van der Waals surface area contributed by atoms with E-state index in [9.17, 15) is 8.78 Å². The van der Waals surface area contributed by atoms with Gasteiger partial charge in [0.25, 0.3) is 5.76 Å². The molecule has 1 atom stereocenters. The molecule has 2 aromatic carbocycles. The SMILES string of the molecule is FC(F)Sc1ccccc1NC1CCCc2ccccc21. The molecule has 0 aromatic heterocycles. The van der Waals surface area contributed by atoms with Crippen LogP contribution in [0, 0.1) is 0 Å². The van der Waals surface area contributed by atoms with E-state index in [0.717, 1.165) is 24.9 Å². The van der Waals surface area contributed by atoms with Crippen molar-refractivity contribution in [1.29, 1.82) is 0 Å². The van der Waals surface area contributed by atoms with Crippen LogP contribution in [0.25, 0.3) is 0 Å². The first-order chi connectivity index (χ1) is 10.2. The smallest absolute Gasteiger partial charge is 0.288 e. The van der Waals surface area contributed by atoms with Crippen LogP contribution in [0.2, 0.25) is 0 Å². The molecule has 0 amide bonds. The zero-order valence-corrected chi connectivity index (χ0v) is 12.4. The van der Waals surface area contributed by atoms with Crippen LogP contribution in [0.4, 0.5) is 14.5 Å². The largest absolute Gasteiger partial charge is 0.377 e. The summed E-state index contributed by atoms with van der Waals surface area (Å²) in [6.07, 6.45) is 3.26. The molecule has 110 valence electrons. The van der Waals surface area contributed by atoms with Gasteiger partial charge in [0.05, 0.1) is 6.04 Å². The van der Waals surface area contributed by atoms with Gasteiger partial charge < -0.3 is 5.32 Å². The summed E-state index contributed by atoms with van der Waals surface area (Å²) in [5.74, 6) is -2.40. The number of fused-ring (bicyclic) bond motifs is 1. The van der Waals surface area contributed by atoms with E-state index >= 15 is 0 Å². The molecule has 0 saturated carbocycles. The molecule has 1 nitrogen and oxygen atoms in total. The van der Waals surface area contributed by atoms with E-state index in [1.807, 2.05) is 18.2 Å². The van der Waals surface area contributed by atoms with Crippen molar-refractivity contribution in [1.82, 2.24) is 0 Å². The van der Waals surface area contributed by atoms with Crippen LogP contribution >= 0.6 is 11.8 Å². The number of alkyl halides is 2. The monoisotopic (exact) mass is 305 g/mol. The average Bonchev–Trinajstić information content (AvgIpc) is 2.49. The Balaban J connectivity index is 1.85. The van der Waals surface area contributed by atoms with Gasteiger partial charge in [-0.05, 0) is 42.5 Å². The first-order valence-corrected chi connectivity index (χ1v) is 8.00. The van der Waals surface area contributed by atoms with Crippen LogP contribution in [-0.2, 0) is 6.42 Å². The number of nitrogens with one attached hydrogen (secondary N) is 1. The van der Waals surface area contributed by atoms with Gasteiger partial charge in [0.2, 0.25) is 0 Å². The van der Waals surface area contributed by atoms with Gasteiger partial charge in [-0.3, -0.25) is 0 Å². The summed E-state index contributed by atoms with van der Waals surface area (Å²) in [5.41, 5.74) is 3.45. The number of rotatable bonds is 4. The second-order valence-electron chi connectivity index (χ2n) is 5.16. The highest BCUT2D eigenvalue weighted by atomic mass is 32.2. The molecule has 3 rings (SSSR count). The van der Waals surface area contributed by atoms with Crippen molar-refractivity contribution >= 4 is 17.4 Å². The molecule has 0 spiro atoms. The summed E-state index contributed by atoms with van der Waals surface area (Å²) >= 11 is 0.599. The predicted octanol–water partition coefficient (Wildman–Crippen LogP) is 5.49. The maximum atomic E-state index is 12.7. The molecule has 2 aromatic rings. The number of anilines is 1. The maximum Gasteiger partial charge on any atom is 0.288 e. The number of halogens is 2. The van der Waals surface area contributed by atoms with Crippen LogP contribution in [0.5, 0.6) is 0 Å². The second-order valence-corrected chi connectivity index (χ2v) is 6.19. The quantitative estimate of drug-likeness (QED) is 0.749. The Morgan fingerprint density at radius 3 is 2.67 bits per heavy atom. The molecule has 1 N–H and O–H groups in total. The van der Waals surface area contributed by atoms with Gasteiger partial charge in [-0.25, -0.2) is 0 Å². The lowest BCUT2D eigenvalue weighted by Gasteiger charge is -2.28. The van der Waals surface area contributed by atoms with Crippen LogP contribution < -0.4 is 5.32 Å². The van der Waals surface area contributed by atoms with Crippen LogP contribution in [0.15, 0.2) is 53.4 Å². The second kappa shape index (κ2) is 6.48. The van der Waals surface area contributed by atoms with E-state index in [-0.39, 0.29) is 6.04 Å². The normalized spacial score (nSPS) is 17.6. The highest BCUT2D eigenvalue weighted by Crippen LogP contribution is 2.37. The zero-order chi connectivity index (χ0) is 14.7. The Morgan fingerprint density at radius 2 is 1.81 bits per heavy atom. The van der Waals surface area contributed by atoms with E-state index in [0.29, 0.717) is 16.7 Å². The lowest BCUT2D eigenvalue weighted by atomic mass is 9.87. The Morgan fingerprint density at radius 1 is 1.05 bits per heavy atom. The molecule has 0 aliphatic heterocycles. The lowest BCUT2D eigenvalue weighted by Crippen LogP contribution is -2.17. The van der Waals surface area contributed by atoms with Crippen molar-refractivity contribution in [2.45, 2.75) is 36.0 Å². The van der Waals surface area contributed by atoms with Gasteiger partial charge >= 0.3 is 0 Å². The average molecular weight is 305 g/mol. The van der Waals surface area contributed by atoms with Crippen LogP contribution in [0.3, 0.4) is 0 Å². The summed E-state index contributed by atoms with van der Waals surface area (Å²) < 4.78 is 25.3. The standard InChI is InChI=1S/C17H17F2NS/c18-17(19)21-16-11-4-3-9-15(16)20-14-10-5-7-12-6-1-2-8-13(12)14/h1-4,6,8-9,11,14,17,20H,5,7,10H2. The van der Waals surface area contributed by atoms with Gasteiger partial charge in [-0.2, -0.15) is 8.78 Å². The van der Waals surface area contributed by atoms with Crippen molar-refractivity contribution in [2.24, 2.45) is 0 Å². The van der Waals surface area contributed by atoms with E-state index in [1.54, 1.807) is 12.1 Å². The lowest BCUT2D eigenvalue weighted by molar-refractivity contribution is 0.252. The highest BCUT2D eigenvalue weighted by molar-refractivity contribution is 7.99. The Kier molecular flexibility index (Phi) is 4.44. The molecular formula is C17H17F2NS. The molecule has 0 bridgehead atoms. The molecule has 0 heterocycles.